The number of nitrogens with two attached hydrogens (primary N) is 1. The first-order valence-electron chi connectivity index (χ1n) is 8.26. The van der Waals surface area contributed by atoms with Crippen LogP contribution in [-0.4, -0.2) is 33.7 Å². The number of rotatable bonds is 3. The maximum Gasteiger partial charge on any atom is 0.191 e. The van der Waals surface area contributed by atoms with E-state index in [9.17, 15) is 0 Å². The first-order chi connectivity index (χ1) is 11.1. The average molecular weight is 311 g/mol. The average Bonchev–Trinajstić information content (AvgIpc) is 2.94. The molecule has 5 heteroatoms. The summed E-state index contributed by atoms with van der Waals surface area (Å²) in [6.07, 6.45) is 4.50. The van der Waals surface area contributed by atoms with Crippen molar-refractivity contribution in [1.82, 2.24) is 14.7 Å². The summed E-state index contributed by atoms with van der Waals surface area (Å²) in [5.74, 6) is 1.34. The van der Waals surface area contributed by atoms with Crippen LogP contribution in [0.2, 0.25) is 0 Å². The zero-order valence-electron chi connectivity index (χ0n) is 13.9. The number of aryl methyl sites for hydroxylation is 1. The highest BCUT2D eigenvalue weighted by atomic mass is 15.3. The molecule has 3 rings (SSSR count). The number of aliphatic imine (C=N–C) groups is 1. The van der Waals surface area contributed by atoms with Crippen molar-refractivity contribution in [2.45, 2.75) is 26.3 Å². The van der Waals surface area contributed by atoms with Gasteiger partial charge in [-0.3, -0.25) is 4.68 Å². The van der Waals surface area contributed by atoms with Crippen molar-refractivity contribution in [3.63, 3.8) is 0 Å². The fourth-order valence-electron chi connectivity index (χ4n) is 3.16. The second-order valence-electron chi connectivity index (χ2n) is 6.41. The van der Waals surface area contributed by atoms with Gasteiger partial charge in [0.1, 0.15) is 0 Å². The van der Waals surface area contributed by atoms with Crippen molar-refractivity contribution in [3.8, 4) is 11.3 Å². The van der Waals surface area contributed by atoms with Crippen molar-refractivity contribution in [1.29, 1.82) is 0 Å². The van der Waals surface area contributed by atoms with E-state index in [0.717, 1.165) is 29.9 Å². The first kappa shape index (κ1) is 15.6. The summed E-state index contributed by atoms with van der Waals surface area (Å²) in [6, 6.07) is 10.2. The summed E-state index contributed by atoms with van der Waals surface area (Å²) in [5, 5.41) is 4.58. The normalized spacial score (nSPS) is 19.1. The van der Waals surface area contributed by atoms with Gasteiger partial charge in [0, 0.05) is 37.5 Å². The summed E-state index contributed by atoms with van der Waals surface area (Å²) in [7, 11) is 1.94. The van der Waals surface area contributed by atoms with Gasteiger partial charge in [-0.05, 0) is 18.8 Å². The molecule has 1 fully saturated rings. The molecule has 0 bridgehead atoms. The van der Waals surface area contributed by atoms with Gasteiger partial charge >= 0.3 is 0 Å². The highest BCUT2D eigenvalue weighted by Gasteiger charge is 2.18. The highest BCUT2D eigenvalue weighted by molar-refractivity contribution is 5.78. The van der Waals surface area contributed by atoms with E-state index < -0.39 is 0 Å². The summed E-state index contributed by atoms with van der Waals surface area (Å²) in [6.45, 7) is 4.86. The van der Waals surface area contributed by atoms with Gasteiger partial charge in [0.15, 0.2) is 5.96 Å². The zero-order chi connectivity index (χ0) is 16.2. The molecule has 1 aromatic carbocycles. The molecule has 1 aliphatic heterocycles. The molecule has 1 aromatic heterocycles. The van der Waals surface area contributed by atoms with Crippen LogP contribution in [0.25, 0.3) is 11.3 Å². The summed E-state index contributed by atoms with van der Waals surface area (Å²) in [4.78, 5) is 6.82. The van der Waals surface area contributed by atoms with Gasteiger partial charge in [0.2, 0.25) is 0 Å². The lowest BCUT2D eigenvalue weighted by atomic mass is 10.0. The summed E-state index contributed by atoms with van der Waals surface area (Å²) in [5.41, 5.74) is 9.40. The van der Waals surface area contributed by atoms with Gasteiger partial charge in [0.25, 0.3) is 0 Å². The van der Waals surface area contributed by atoms with Crippen LogP contribution >= 0.6 is 0 Å². The lowest BCUT2D eigenvalue weighted by Gasteiger charge is -2.31. The van der Waals surface area contributed by atoms with E-state index in [1.807, 2.05) is 36.1 Å². The number of guanidine groups is 1. The molecule has 1 saturated heterocycles. The van der Waals surface area contributed by atoms with Crippen LogP contribution in [0.4, 0.5) is 0 Å². The molecule has 0 spiro atoms. The lowest BCUT2D eigenvalue weighted by Crippen LogP contribution is -2.43. The van der Waals surface area contributed by atoms with Gasteiger partial charge in [-0.2, -0.15) is 5.10 Å². The SMILES string of the molecule is CC1CCCN(C(N)=NCc2cn(C)nc2-c2ccccc2)C1. The Morgan fingerprint density at radius 2 is 2.13 bits per heavy atom. The minimum Gasteiger partial charge on any atom is -0.370 e. The second-order valence-corrected chi connectivity index (χ2v) is 6.41. The van der Waals surface area contributed by atoms with E-state index in [-0.39, 0.29) is 0 Å². The minimum atomic E-state index is 0.564. The fourth-order valence-corrected chi connectivity index (χ4v) is 3.16. The molecular weight excluding hydrogens is 286 g/mol. The molecule has 23 heavy (non-hydrogen) atoms. The van der Waals surface area contributed by atoms with Gasteiger partial charge in [0.05, 0.1) is 12.2 Å². The Balaban J connectivity index is 1.77. The first-order valence-corrected chi connectivity index (χ1v) is 8.26. The number of hydrogen-bond donors (Lipinski definition) is 1. The molecule has 0 saturated carbocycles. The van der Waals surface area contributed by atoms with Crippen LogP contribution in [0.3, 0.4) is 0 Å². The molecular formula is C18H25N5. The van der Waals surface area contributed by atoms with E-state index in [0.29, 0.717) is 18.4 Å². The third-order valence-electron chi connectivity index (χ3n) is 4.34. The molecule has 5 nitrogen and oxygen atoms in total. The Morgan fingerprint density at radius 3 is 2.87 bits per heavy atom. The van der Waals surface area contributed by atoms with Gasteiger partial charge in [-0.15, -0.1) is 0 Å². The number of benzene rings is 1. The van der Waals surface area contributed by atoms with Crippen molar-refractivity contribution < 1.29 is 0 Å². The number of aromatic nitrogens is 2. The maximum atomic E-state index is 6.20. The van der Waals surface area contributed by atoms with Crippen LogP contribution < -0.4 is 5.73 Å². The molecule has 1 atom stereocenters. The Morgan fingerprint density at radius 1 is 1.35 bits per heavy atom. The van der Waals surface area contributed by atoms with Crippen LogP contribution in [0.1, 0.15) is 25.3 Å². The molecule has 1 aliphatic rings. The molecule has 2 heterocycles. The molecule has 0 radical (unpaired) electrons. The van der Waals surface area contributed by atoms with E-state index in [4.69, 9.17) is 5.73 Å². The molecule has 2 aromatic rings. The van der Waals surface area contributed by atoms with Gasteiger partial charge in [-0.1, -0.05) is 37.3 Å². The quantitative estimate of drug-likeness (QED) is 0.700. The minimum absolute atomic E-state index is 0.564. The number of likely N-dealkylation sites (tertiary alicyclic amines) is 1. The largest absolute Gasteiger partial charge is 0.370 e. The Hall–Kier alpha value is -2.30. The number of hydrogen-bond acceptors (Lipinski definition) is 2. The predicted molar refractivity (Wildman–Crippen MR) is 93.9 cm³/mol. The fraction of sp³-hybridized carbons (Fsp3) is 0.444. The summed E-state index contributed by atoms with van der Waals surface area (Å²) >= 11 is 0. The maximum absolute atomic E-state index is 6.20. The number of nitrogens with zero attached hydrogens (tertiary/aromatic N) is 4. The van der Waals surface area contributed by atoms with Crippen molar-refractivity contribution in [2.75, 3.05) is 13.1 Å². The third-order valence-corrected chi connectivity index (χ3v) is 4.34. The zero-order valence-corrected chi connectivity index (χ0v) is 13.9. The van der Waals surface area contributed by atoms with E-state index in [1.165, 1.54) is 12.8 Å². The molecule has 2 N–H and O–H groups in total. The molecule has 0 aliphatic carbocycles. The highest BCUT2D eigenvalue weighted by Crippen LogP contribution is 2.22. The van der Waals surface area contributed by atoms with Crippen LogP contribution in [0.15, 0.2) is 41.5 Å². The summed E-state index contributed by atoms with van der Waals surface area (Å²) < 4.78 is 1.84. The molecule has 122 valence electrons. The lowest BCUT2D eigenvalue weighted by molar-refractivity contribution is 0.270. The van der Waals surface area contributed by atoms with Crippen molar-refractivity contribution in [3.05, 3.63) is 42.1 Å². The van der Waals surface area contributed by atoms with Crippen molar-refractivity contribution in [2.24, 2.45) is 23.7 Å². The van der Waals surface area contributed by atoms with Crippen LogP contribution in [0.5, 0.6) is 0 Å². The molecule has 0 amide bonds. The predicted octanol–water partition coefficient (Wildman–Crippen LogP) is 2.63. The molecule has 1 unspecified atom stereocenters. The van der Waals surface area contributed by atoms with Gasteiger partial charge < -0.3 is 10.6 Å². The number of piperidine rings is 1. The smallest absolute Gasteiger partial charge is 0.191 e. The van der Waals surface area contributed by atoms with Crippen molar-refractivity contribution >= 4 is 5.96 Å². The second kappa shape index (κ2) is 6.86. The Kier molecular flexibility index (Phi) is 4.65. The Labute approximate surface area is 137 Å². The topological polar surface area (TPSA) is 59.4 Å². The van der Waals surface area contributed by atoms with Gasteiger partial charge in [-0.25, -0.2) is 4.99 Å². The van der Waals surface area contributed by atoms with Crippen LogP contribution in [0, 0.1) is 5.92 Å². The monoisotopic (exact) mass is 311 g/mol. The third kappa shape index (κ3) is 3.73. The van der Waals surface area contributed by atoms with E-state index >= 15 is 0 Å². The van der Waals surface area contributed by atoms with E-state index in [2.05, 4.69) is 34.0 Å². The Bertz CT molecular complexity index is 674. The van der Waals surface area contributed by atoms with E-state index in [1.54, 1.807) is 0 Å². The standard InChI is InChI=1S/C18H25N5/c1-14-7-6-10-23(12-14)18(19)20-11-16-13-22(2)21-17(16)15-8-4-3-5-9-15/h3-5,8-9,13-14H,6-7,10-12H2,1-2H3,(H2,19,20). The van der Waals surface area contributed by atoms with Crippen LogP contribution in [-0.2, 0) is 13.6 Å².